The number of rotatable bonds is 9. The number of hydrogen-bond acceptors (Lipinski definition) is 7. The van der Waals surface area contributed by atoms with E-state index in [9.17, 15) is 18.9 Å². The van der Waals surface area contributed by atoms with Crippen molar-refractivity contribution in [2.75, 3.05) is 19.8 Å². The van der Waals surface area contributed by atoms with E-state index in [2.05, 4.69) is 13.6 Å². The van der Waals surface area contributed by atoms with Gasteiger partial charge in [0.25, 0.3) is 0 Å². The molecule has 0 fully saturated rings. The fourth-order valence-electron chi connectivity index (χ4n) is 0.540. The van der Waals surface area contributed by atoms with Crippen molar-refractivity contribution in [3.05, 3.63) is 0 Å². The molecule has 0 aromatic carbocycles. The Morgan fingerprint density at radius 3 is 1.18 bits per heavy atom. The molecule has 98 valence electrons. The van der Waals surface area contributed by atoms with E-state index in [0.717, 1.165) is 0 Å². The normalized spacial score (nSPS) is 11.1. The average Bonchev–Trinajstić information content (AvgIpc) is 2.21. The van der Waals surface area contributed by atoms with Crippen LogP contribution in [0.2, 0.25) is 0 Å². The maximum Gasteiger partial charge on any atom is 0.476 e. The summed E-state index contributed by atoms with van der Waals surface area (Å²) in [5.41, 5.74) is 14.2. The lowest BCUT2D eigenvalue weighted by molar-refractivity contribution is -0.122. The molecule has 0 aromatic rings. The predicted molar refractivity (Wildman–Crippen MR) is 53.0 cm³/mol. The molecule has 0 aliphatic heterocycles. The van der Waals surface area contributed by atoms with Gasteiger partial charge in [0.2, 0.25) is 17.7 Å². The van der Waals surface area contributed by atoms with Crippen LogP contribution in [0.1, 0.15) is 0 Å². The highest BCUT2D eigenvalue weighted by molar-refractivity contribution is 7.48. The van der Waals surface area contributed by atoms with Crippen LogP contribution in [0.15, 0.2) is 0 Å². The summed E-state index contributed by atoms with van der Waals surface area (Å²) < 4.78 is 24.9. The quantitative estimate of drug-likeness (QED) is 0.391. The van der Waals surface area contributed by atoms with Gasteiger partial charge in [-0.15, -0.1) is 0 Å². The number of nitrogens with two attached hydrogens (primary N) is 3. The van der Waals surface area contributed by atoms with Gasteiger partial charge < -0.3 is 17.2 Å². The second-order valence-corrected chi connectivity index (χ2v) is 4.34. The van der Waals surface area contributed by atoms with Crippen LogP contribution in [0.4, 0.5) is 0 Å². The fourth-order valence-corrected chi connectivity index (χ4v) is 1.62. The van der Waals surface area contributed by atoms with Crippen LogP contribution in [0.25, 0.3) is 0 Å². The molecule has 0 saturated heterocycles. The van der Waals surface area contributed by atoms with Gasteiger partial charge in [0, 0.05) is 0 Å². The first-order valence-electron chi connectivity index (χ1n) is 4.14. The molecular weight excluding hydrogens is 257 g/mol. The van der Waals surface area contributed by atoms with Gasteiger partial charge >= 0.3 is 7.82 Å². The van der Waals surface area contributed by atoms with Crippen molar-refractivity contribution in [2.24, 2.45) is 17.2 Å². The van der Waals surface area contributed by atoms with E-state index in [-0.39, 0.29) is 0 Å². The zero-order valence-electron chi connectivity index (χ0n) is 8.66. The third-order valence-electron chi connectivity index (χ3n) is 1.09. The Morgan fingerprint density at radius 1 is 0.765 bits per heavy atom. The van der Waals surface area contributed by atoms with Gasteiger partial charge in [-0.3, -0.25) is 28.0 Å². The zero-order valence-corrected chi connectivity index (χ0v) is 9.55. The van der Waals surface area contributed by atoms with Gasteiger partial charge in [0.05, 0.1) is 0 Å². The Morgan fingerprint density at radius 2 is 1.00 bits per heavy atom. The van der Waals surface area contributed by atoms with Crippen LogP contribution in [0.5, 0.6) is 0 Å². The van der Waals surface area contributed by atoms with Crippen molar-refractivity contribution in [3.63, 3.8) is 0 Å². The van der Waals surface area contributed by atoms with Crippen molar-refractivity contribution in [3.8, 4) is 0 Å². The Hall–Kier alpha value is -1.48. The topological polar surface area (TPSA) is 174 Å². The molecule has 0 unspecified atom stereocenters. The first-order valence-corrected chi connectivity index (χ1v) is 5.60. The Kier molecular flexibility index (Phi) is 6.36. The molecule has 0 heterocycles. The molecule has 0 aliphatic rings. The smallest absolute Gasteiger partial charge is 0.368 e. The molecule has 0 spiro atoms. The van der Waals surface area contributed by atoms with Gasteiger partial charge in [-0.05, 0) is 0 Å². The standard InChI is InChI=1S/C6H12N3O7P/c7-4(10)1-14-17(13,15-2-5(8)11)16-3-6(9)12/h1-3H2,(H2,7,10)(H2,8,11)(H2,9,12). The predicted octanol–water partition coefficient (Wildman–Crippen LogP) is -2.40. The first kappa shape index (κ1) is 15.5. The number of amides is 3. The highest BCUT2D eigenvalue weighted by atomic mass is 31.2. The number of phosphoric acid groups is 1. The van der Waals surface area contributed by atoms with E-state index < -0.39 is 45.4 Å². The largest absolute Gasteiger partial charge is 0.476 e. The zero-order chi connectivity index (χ0) is 13.5. The van der Waals surface area contributed by atoms with E-state index in [1.54, 1.807) is 0 Å². The van der Waals surface area contributed by atoms with Crippen LogP contribution in [-0.4, -0.2) is 37.5 Å². The number of carbonyl (C=O) groups is 3. The molecule has 0 saturated carbocycles. The van der Waals surface area contributed by atoms with Crippen molar-refractivity contribution < 1.29 is 32.5 Å². The maximum absolute atomic E-state index is 11.6. The Balaban J connectivity index is 4.44. The molecule has 11 heteroatoms. The molecule has 0 radical (unpaired) electrons. The Bertz CT molecular complexity index is 305. The van der Waals surface area contributed by atoms with E-state index in [1.807, 2.05) is 0 Å². The van der Waals surface area contributed by atoms with Gasteiger partial charge in [-0.2, -0.15) is 0 Å². The summed E-state index contributed by atoms with van der Waals surface area (Å²) in [6.45, 7) is -2.35. The van der Waals surface area contributed by atoms with Crippen LogP contribution in [0.3, 0.4) is 0 Å². The minimum absolute atomic E-state index is 0.783. The second kappa shape index (κ2) is 6.97. The number of carbonyl (C=O) groups excluding carboxylic acids is 3. The lowest BCUT2D eigenvalue weighted by Gasteiger charge is -2.15. The molecular formula is C6H12N3O7P. The minimum atomic E-state index is -4.28. The lowest BCUT2D eigenvalue weighted by atomic mass is 10.7. The van der Waals surface area contributed by atoms with Crippen LogP contribution in [0, 0.1) is 0 Å². The third-order valence-corrected chi connectivity index (χ3v) is 2.43. The van der Waals surface area contributed by atoms with E-state index >= 15 is 0 Å². The SMILES string of the molecule is NC(=O)COP(=O)(OCC(N)=O)OCC(N)=O. The molecule has 17 heavy (non-hydrogen) atoms. The van der Waals surface area contributed by atoms with Crippen LogP contribution < -0.4 is 17.2 Å². The van der Waals surface area contributed by atoms with Crippen molar-refractivity contribution in [1.82, 2.24) is 0 Å². The molecule has 0 bridgehead atoms. The molecule has 3 amide bonds. The first-order chi connectivity index (χ1) is 7.75. The summed E-state index contributed by atoms with van der Waals surface area (Å²) in [5.74, 6) is -2.85. The minimum Gasteiger partial charge on any atom is -0.368 e. The average molecular weight is 269 g/mol. The fraction of sp³-hybridized carbons (Fsp3) is 0.500. The molecule has 0 atom stereocenters. The summed E-state index contributed by atoms with van der Waals surface area (Å²) >= 11 is 0. The van der Waals surface area contributed by atoms with Gasteiger partial charge in [-0.1, -0.05) is 0 Å². The van der Waals surface area contributed by atoms with Crippen LogP contribution >= 0.6 is 7.82 Å². The van der Waals surface area contributed by atoms with Crippen molar-refractivity contribution >= 4 is 25.5 Å². The van der Waals surface area contributed by atoms with Gasteiger partial charge in [-0.25, -0.2) is 4.57 Å². The third kappa shape index (κ3) is 8.34. The summed E-state index contributed by atoms with van der Waals surface area (Å²) in [5, 5.41) is 0. The molecule has 0 aromatic heterocycles. The van der Waals surface area contributed by atoms with E-state index in [4.69, 9.17) is 17.2 Å². The lowest BCUT2D eigenvalue weighted by Crippen LogP contribution is -2.23. The highest BCUT2D eigenvalue weighted by Crippen LogP contribution is 2.48. The van der Waals surface area contributed by atoms with Crippen molar-refractivity contribution in [1.29, 1.82) is 0 Å². The highest BCUT2D eigenvalue weighted by Gasteiger charge is 2.29. The molecule has 0 aliphatic carbocycles. The molecule has 0 rings (SSSR count). The monoisotopic (exact) mass is 269 g/mol. The summed E-state index contributed by atoms with van der Waals surface area (Å²) in [7, 11) is -4.28. The number of phosphoric ester groups is 1. The van der Waals surface area contributed by atoms with Gasteiger partial charge in [0.15, 0.2) is 0 Å². The second-order valence-electron chi connectivity index (χ2n) is 2.67. The molecule has 10 nitrogen and oxygen atoms in total. The van der Waals surface area contributed by atoms with E-state index in [0.29, 0.717) is 0 Å². The van der Waals surface area contributed by atoms with Gasteiger partial charge in [0.1, 0.15) is 19.8 Å². The number of primary amides is 3. The Labute approximate surface area is 96.0 Å². The molecule has 6 N–H and O–H groups in total. The van der Waals surface area contributed by atoms with Crippen LogP contribution in [-0.2, 0) is 32.5 Å². The summed E-state index contributed by atoms with van der Waals surface area (Å²) in [6.07, 6.45) is 0. The number of hydrogen-bond donors (Lipinski definition) is 3. The van der Waals surface area contributed by atoms with Crippen molar-refractivity contribution in [2.45, 2.75) is 0 Å². The summed E-state index contributed by atoms with van der Waals surface area (Å²) in [4.78, 5) is 31.2. The maximum atomic E-state index is 11.6. The summed E-state index contributed by atoms with van der Waals surface area (Å²) in [6, 6.07) is 0. The van der Waals surface area contributed by atoms with E-state index in [1.165, 1.54) is 0 Å².